The van der Waals surface area contributed by atoms with E-state index < -0.39 is 0 Å². The van der Waals surface area contributed by atoms with Gasteiger partial charge in [0, 0.05) is 18.6 Å². The number of carbonyl (C=O) groups is 1. The summed E-state index contributed by atoms with van der Waals surface area (Å²) in [5, 5.41) is 6.97. The molecular formula is C14H13N5O. The van der Waals surface area contributed by atoms with Crippen LogP contribution in [0.15, 0.2) is 61.4 Å². The Hall–Kier alpha value is -2.89. The molecule has 0 aliphatic rings. The summed E-state index contributed by atoms with van der Waals surface area (Å²) in [6.45, 7) is 0.668. The van der Waals surface area contributed by atoms with Crippen molar-refractivity contribution in [3.63, 3.8) is 0 Å². The van der Waals surface area contributed by atoms with Gasteiger partial charge in [0.25, 0.3) is 0 Å². The van der Waals surface area contributed by atoms with Crippen LogP contribution in [-0.2, 0) is 6.54 Å². The molecule has 1 aromatic carbocycles. The number of imidazole rings is 1. The van der Waals surface area contributed by atoms with Gasteiger partial charge in [-0.15, -0.1) is 0 Å². The van der Waals surface area contributed by atoms with E-state index in [0.29, 0.717) is 12.2 Å². The number of amides is 1. The molecule has 0 saturated heterocycles. The first-order chi connectivity index (χ1) is 9.81. The van der Waals surface area contributed by atoms with E-state index in [4.69, 9.17) is 0 Å². The second-order valence-electron chi connectivity index (χ2n) is 4.31. The molecular weight excluding hydrogens is 254 g/mol. The van der Waals surface area contributed by atoms with Crippen LogP contribution in [0.1, 0.15) is 5.56 Å². The lowest BCUT2D eigenvalue weighted by molar-refractivity contribution is 0.253. The Kier molecular flexibility index (Phi) is 3.28. The summed E-state index contributed by atoms with van der Waals surface area (Å²) >= 11 is 0. The summed E-state index contributed by atoms with van der Waals surface area (Å²) in [5.74, 6) is 0. The molecule has 0 bridgehead atoms. The van der Waals surface area contributed by atoms with Gasteiger partial charge >= 0.3 is 6.03 Å². The number of rotatable bonds is 3. The minimum atomic E-state index is -0.262. The van der Waals surface area contributed by atoms with Gasteiger partial charge < -0.3 is 5.32 Å². The zero-order chi connectivity index (χ0) is 13.8. The Morgan fingerprint density at radius 1 is 1.25 bits per heavy atom. The normalized spacial score (nSPS) is 10.4. The Bertz CT molecular complexity index is 687. The van der Waals surface area contributed by atoms with Crippen LogP contribution < -0.4 is 5.32 Å². The van der Waals surface area contributed by atoms with Gasteiger partial charge in [0.05, 0.1) is 18.4 Å². The third kappa shape index (κ3) is 2.74. The summed E-state index contributed by atoms with van der Waals surface area (Å²) in [7, 11) is 0. The number of carbonyl (C=O) groups excluding carboxylic acids is 1. The second-order valence-corrected chi connectivity index (χ2v) is 4.31. The summed E-state index contributed by atoms with van der Waals surface area (Å²) < 4.78 is 3.15. The second kappa shape index (κ2) is 5.40. The standard InChI is InChI=1S/C14H13N5O/c20-14(18-7-6-15-11-18)17-13-8-16-19(10-13)9-12-4-2-1-3-5-12/h1-8,10-11H,9H2,(H,17,20). The van der Waals surface area contributed by atoms with Gasteiger partial charge in [0.1, 0.15) is 6.33 Å². The lowest BCUT2D eigenvalue weighted by Gasteiger charge is -2.02. The van der Waals surface area contributed by atoms with Crippen LogP contribution in [0.3, 0.4) is 0 Å². The molecule has 1 amide bonds. The third-order valence-corrected chi connectivity index (χ3v) is 2.81. The van der Waals surface area contributed by atoms with Gasteiger partial charge in [-0.3, -0.25) is 9.25 Å². The Balaban J connectivity index is 1.67. The lowest BCUT2D eigenvalue weighted by Crippen LogP contribution is -2.17. The number of nitrogens with zero attached hydrogens (tertiary/aromatic N) is 4. The highest BCUT2D eigenvalue weighted by atomic mass is 16.2. The van der Waals surface area contributed by atoms with E-state index in [1.807, 2.05) is 30.3 Å². The highest BCUT2D eigenvalue weighted by molar-refractivity contribution is 5.90. The van der Waals surface area contributed by atoms with E-state index in [9.17, 15) is 4.79 Å². The quantitative estimate of drug-likeness (QED) is 0.791. The first-order valence-corrected chi connectivity index (χ1v) is 6.17. The average Bonchev–Trinajstić information content (AvgIpc) is 3.11. The van der Waals surface area contributed by atoms with E-state index >= 15 is 0 Å². The largest absolute Gasteiger partial charge is 0.331 e. The van der Waals surface area contributed by atoms with Gasteiger partial charge in [-0.05, 0) is 5.56 Å². The van der Waals surface area contributed by atoms with E-state index in [1.165, 1.54) is 10.9 Å². The molecule has 3 aromatic rings. The molecule has 0 radical (unpaired) electrons. The maximum Gasteiger partial charge on any atom is 0.331 e. The fraction of sp³-hybridized carbons (Fsp3) is 0.0714. The molecule has 1 N–H and O–H groups in total. The molecule has 0 aliphatic carbocycles. The molecule has 2 aromatic heterocycles. The number of benzene rings is 1. The van der Waals surface area contributed by atoms with Crippen LogP contribution in [0.25, 0.3) is 0 Å². The smallest absolute Gasteiger partial charge is 0.304 e. The number of nitrogens with one attached hydrogen (secondary N) is 1. The van der Waals surface area contributed by atoms with Crippen molar-refractivity contribution in [2.75, 3.05) is 5.32 Å². The molecule has 6 nitrogen and oxygen atoms in total. The minimum absolute atomic E-state index is 0.262. The molecule has 0 saturated carbocycles. The van der Waals surface area contributed by atoms with E-state index in [1.54, 1.807) is 29.5 Å². The van der Waals surface area contributed by atoms with E-state index in [-0.39, 0.29) is 6.03 Å². The minimum Gasteiger partial charge on any atom is -0.304 e. The number of anilines is 1. The predicted molar refractivity (Wildman–Crippen MR) is 74.4 cm³/mol. The molecule has 3 rings (SSSR count). The summed E-state index contributed by atoms with van der Waals surface area (Å²) in [6, 6.07) is 9.75. The first kappa shape index (κ1) is 12.2. The fourth-order valence-electron chi connectivity index (χ4n) is 1.85. The summed E-state index contributed by atoms with van der Waals surface area (Å²) in [4.78, 5) is 15.6. The van der Waals surface area contributed by atoms with Crippen molar-refractivity contribution >= 4 is 11.7 Å². The van der Waals surface area contributed by atoms with Gasteiger partial charge in [-0.2, -0.15) is 5.10 Å². The van der Waals surface area contributed by atoms with E-state index in [2.05, 4.69) is 15.4 Å². The van der Waals surface area contributed by atoms with Crippen molar-refractivity contribution in [2.24, 2.45) is 0 Å². The molecule has 0 fully saturated rings. The molecule has 2 heterocycles. The maximum absolute atomic E-state index is 11.8. The third-order valence-electron chi connectivity index (χ3n) is 2.81. The molecule has 0 atom stereocenters. The van der Waals surface area contributed by atoms with Gasteiger partial charge in [0.15, 0.2) is 0 Å². The van der Waals surface area contributed by atoms with Crippen LogP contribution in [0.5, 0.6) is 0 Å². The highest BCUT2D eigenvalue weighted by Gasteiger charge is 2.06. The van der Waals surface area contributed by atoms with Crippen molar-refractivity contribution in [3.05, 3.63) is 67.0 Å². The topological polar surface area (TPSA) is 64.7 Å². The molecule has 0 unspecified atom stereocenters. The highest BCUT2D eigenvalue weighted by Crippen LogP contribution is 2.08. The average molecular weight is 267 g/mol. The van der Waals surface area contributed by atoms with Crippen molar-refractivity contribution in [1.29, 1.82) is 0 Å². The van der Waals surface area contributed by atoms with Crippen LogP contribution in [-0.4, -0.2) is 25.4 Å². The number of aromatic nitrogens is 4. The van der Waals surface area contributed by atoms with Crippen LogP contribution in [0.4, 0.5) is 10.5 Å². The van der Waals surface area contributed by atoms with Crippen LogP contribution in [0.2, 0.25) is 0 Å². The fourth-order valence-corrected chi connectivity index (χ4v) is 1.85. The van der Waals surface area contributed by atoms with Crippen molar-refractivity contribution in [2.45, 2.75) is 6.54 Å². The zero-order valence-corrected chi connectivity index (χ0v) is 10.7. The van der Waals surface area contributed by atoms with Gasteiger partial charge in [-0.1, -0.05) is 30.3 Å². The van der Waals surface area contributed by atoms with E-state index in [0.717, 1.165) is 5.56 Å². The number of hydrogen-bond donors (Lipinski definition) is 1. The van der Waals surface area contributed by atoms with Crippen molar-refractivity contribution < 1.29 is 4.79 Å². The monoisotopic (exact) mass is 267 g/mol. The maximum atomic E-state index is 11.8. The first-order valence-electron chi connectivity index (χ1n) is 6.17. The van der Waals surface area contributed by atoms with Crippen LogP contribution in [0, 0.1) is 0 Å². The molecule has 0 spiro atoms. The molecule has 100 valence electrons. The molecule has 0 aliphatic heterocycles. The number of hydrogen-bond acceptors (Lipinski definition) is 3. The molecule has 20 heavy (non-hydrogen) atoms. The Morgan fingerprint density at radius 2 is 2.10 bits per heavy atom. The summed E-state index contributed by atoms with van der Waals surface area (Å²) in [6.07, 6.45) is 8.01. The Morgan fingerprint density at radius 3 is 2.85 bits per heavy atom. The summed E-state index contributed by atoms with van der Waals surface area (Å²) in [5.41, 5.74) is 1.81. The van der Waals surface area contributed by atoms with Gasteiger partial charge in [0.2, 0.25) is 0 Å². The molecule has 6 heteroatoms. The van der Waals surface area contributed by atoms with Crippen molar-refractivity contribution in [1.82, 2.24) is 19.3 Å². The van der Waals surface area contributed by atoms with Crippen LogP contribution >= 0.6 is 0 Å². The van der Waals surface area contributed by atoms with Crippen molar-refractivity contribution in [3.8, 4) is 0 Å². The SMILES string of the molecule is O=C(Nc1cnn(Cc2ccccc2)c1)n1ccnc1. The Labute approximate surface area is 115 Å². The lowest BCUT2D eigenvalue weighted by atomic mass is 10.2. The predicted octanol–water partition coefficient (Wildman–Crippen LogP) is 2.21. The van der Waals surface area contributed by atoms with Gasteiger partial charge in [-0.25, -0.2) is 9.78 Å². The zero-order valence-electron chi connectivity index (χ0n) is 10.7.